The predicted octanol–water partition coefficient (Wildman–Crippen LogP) is 4.27. The minimum atomic E-state index is -0.230. The Labute approximate surface area is 121 Å². The van der Waals surface area contributed by atoms with Crippen LogP contribution in [0.3, 0.4) is 0 Å². The van der Waals surface area contributed by atoms with Crippen LogP contribution in [0.1, 0.15) is 28.4 Å². The molecule has 0 spiro atoms. The van der Waals surface area contributed by atoms with Crippen LogP contribution in [0.5, 0.6) is 0 Å². The third kappa shape index (κ3) is 3.86. The normalized spacial score (nSPS) is 10.8. The number of benzene rings is 2. The van der Waals surface area contributed by atoms with Crippen molar-refractivity contribution in [3.8, 4) is 0 Å². The highest BCUT2D eigenvalue weighted by atomic mass is 79.9. The third-order valence-electron chi connectivity index (χ3n) is 2.81. The fourth-order valence-corrected chi connectivity index (χ4v) is 1.90. The molecule has 0 N–H and O–H groups in total. The van der Waals surface area contributed by atoms with Crippen molar-refractivity contribution < 1.29 is 4.79 Å². The van der Waals surface area contributed by atoms with Gasteiger partial charge in [0.1, 0.15) is 0 Å². The number of hydrogen-bond acceptors (Lipinski definition) is 1. The van der Waals surface area contributed by atoms with E-state index in [9.17, 15) is 4.79 Å². The lowest BCUT2D eigenvalue weighted by Gasteiger charge is -1.97. The largest absolute Gasteiger partial charge is 0.276 e. The van der Waals surface area contributed by atoms with E-state index in [4.69, 9.17) is 0 Å². The summed E-state index contributed by atoms with van der Waals surface area (Å²) in [5.41, 5.74) is 2.80. The Balaban J connectivity index is 2.08. The summed E-state index contributed by atoms with van der Waals surface area (Å²) in [6.45, 7) is 2.11. The number of carbonyl (C=O) groups is 1. The summed E-state index contributed by atoms with van der Waals surface area (Å²) >= 11 is 3.33. The van der Waals surface area contributed by atoms with E-state index in [-0.39, 0.29) is 5.91 Å². The average Bonchev–Trinajstić information content (AvgIpc) is 2.46. The van der Waals surface area contributed by atoms with Gasteiger partial charge in [-0.1, -0.05) is 47.1 Å². The molecule has 0 saturated carbocycles. The first-order chi connectivity index (χ1) is 9.19. The third-order valence-corrected chi connectivity index (χ3v) is 3.34. The molecule has 0 unspecified atom stereocenters. The van der Waals surface area contributed by atoms with Gasteiger partial charge in [0.05, 0.1) is 0 Å². The van der Waals surface area contributed by atoms with E-state index in [2.05, 4.69) is 27.8 Å². The summed E-state index contributed by atoms with van der Waals surface area (Å²) in [5.74, 6) is -0.230. The molecule has 2 rings (SSSR count). The topological polar surface area (TPSA) is 29.4 Å². The molecule has 0 heterocycles. The smallest absolute Gasteiger partial charge is 0.267 e. The van der Waals surface area contributed by atoms with Crippen molar-refractivity contribution in [1.29, 1.82) is 0 Å². The Bertz CT molecular complexity index is 585. The minimum Gasteiger partial charge on any atom is -0.267 e. The van der Waals surface area contributed by atoms with Crippen molar-refractivity contribution >= 4 is 28.1 Å². The maximum atomic E-state index is 11.8. The van der Waals surface area contributed by atoms with Gasteiger partial charge >= 0.3 is 0 Å². The van der Waals surface area contributed by atoms with E-state index in [0.717, 1.165) is 16.5 Å². The van der Waals surface area contributed by atoms with Gasteiger partial charge in [-0.2, -0.15) is 0 Å². The summed E-state index contributed by atoms with van der Waals surface area (Å²) in [6, 6.07) is 15.2. The Morgan fingerprint density at radius 2 is 1.74 bits per heavy atom. The van der Waals surface area contributed by atoms with Crippen LogP contribution in [0.25, 0.3) is 0 Å². The van der Waals surface area contributed by atoms with Crippen LogP contribution in [0.15, 0.2) is 58.0 Å². The standard InChI is InChI=1S/C16H14BrNO/c1-2-12-3-5-13(6-4-12)11-18-16(19)14-7-9-15(17)10-8-14/h3-11H,2H2,1H3. The van der Waals surface area contributed by atoms with Crippen LogP contribution in [-0.4, -0.2) is 12.1 Å². The molecule has 0 aromatic heterocycles. The molecule has 0 saturated heterocycles. The van der Waals surface area contributed by atoms with Gasteiger partial charge in [0.25, 0.3) is 5.91 Å². The Kier molecular flexibility index (Phi) is 4.63. The maximum Gasteiger partial charge on any atom is 0.276 e. The molecule has 2 aromatic carbocycles. The molecule has 0 atom stereocenters. The highest BCUT2D eigenvalue weighted by molar-refractivity contribution is 9.10. The van der Waals surface area contributed by atoms with Crippen LogP contribution in [-0.2, 0) is 6.42 Å². The van der Waals surface area contributed by atoms with Crippen molar-refractivity contribution in [2.75, 3.05) is 0 Å². The first kappa shape index (κ1) is 13.7. The number of halogens is 1. The molecule has 2 aromatic rings. The zero-order chi connectivity index (χ0) is 13.7. The lowest BCUT2D eigenvalue weighted by Crippen LogP contribution is -1.95. The van der Waals surface area contributed by atoms with Crippen LogP contribution < -0.4 is 0 Å². The molecule has 2 nitrogen and oxygen atoms in total. The molecular formula is C16H14BrNO. The molecule has 3 heteroatoms. The number of aliphatic imine (C=N–C) groups is 1. The SMILES string of the molecule is CCc1ccc(C=NC(=O)c2ccc(Br)cc2)cc1. The number of carbonyl (C=O) groups excluding carboxylic acids is 1. The monoisotopic (exact) mass is 315 g/mol. The Morgan fingerprint density at radius 3 is 2.32 bits per heavy atom. The van der Waals surface area contributed by atoms with Crippen molar-refractivity contribution in [2.45, 2.75) is 13.3 Å². The quantitative estimate of drug-likeness (QED) is 0.778. The molecule has 0 radical (unpaired) electrons. The van der Waals surface area contributed by atoms with Gasteiger partial charge in [-0.3, -0.25) is 4.79 Å². The Hall–Kier alpha value is -1.74. The van der Waals surface area contributed by atoms with Gasteiger partial charge in [0.2, 0.25) is 0 Å². The highest BCUT2D eigenvalue weighted by Crippen LogP contribution is 2.11. The van der Waals surface area contributed by atoms with E-state index in [0.29, 0.717) is 5.56 Å². The van der Waals surface area contributed by atoms with Gasteiger partial charge in [-0.15, -0.1) is 0 Å². The van der Waals surface area contributed by atoms with Crippen LogP contribution >= 0.6 is 15.9 Å². The molecule has 96 valence electrons. The van der Waals surface area contributed by atoms with Gasteiger partial charge in [-0.05, 0) is 41.8 Å². The minimum absolute atomic E-state index is 0.230. The summed E-state index contributed by atoms with van der Waals surface area (Å²) in [7, 11) is 0. The average molecular weight is 316 g/mol. The maximum absolute atomic E-state index is 11.8. The van der Waals surface area contributed by atoms with E-state index >= 15 is 0 Å². The number of nitrogens with zero attached hydrogens (tertiary/aromatic N) is 1. The summed E-state index contributed by atoms with van der Waals surface area (Å²) in [5, 5.41) is 0. The first-order valence-corrected chi connectivity index (χ1v) is 6.91. The van der Waals surface area contributed by atoms with Gasteiger partial charge < -0.3 is 0 Å². The number of rotatable bonds is 3. The van der Waals surface area contributed by atoms with E-state index < -0.39 is 0 Å². The zero-order valence-corrected chi connectivity index (χ0v) is 12.2. The van der Waals surface area contributed by atoms with Crippen molar-refractivity contribution in [3.63, 3.8) is 0 Å². The molecule has 1 amide bonds. The second kappa shape index (κ2) is 6.43. The molecule has 0 aliphatic heterocycles. The van der Waals surface area contributed by atoms with E-state index in [1.54, 1.807) is 18.3 Å². The zero-order valence-electron chi connectivity index (χ0n) is 10.6. The lowest BCUT2D eigenvalue weighted by molar-refractivity contribution is 0.100. The van der Waals surface area contributed by atoms with Crippen molar-refractivity contribution in [1.82, 2.24) is 0 Å². The summed E-state index contributed by atoms with van der Waals surface area (Å²) in [4.78, 5) is 15.8. The fourth-order valence-electron chi connectivity index (χ4n) is 1.64. The van der Waals surface area contributed by atoms with E-state index in [1.165, 1.54) is 5.56 Å². The van der Waals surface area contributed by atoms with Crippen LogP contribution in [0, 0.1) is 0 Å². The van der Waals surface area contributed by atoms with Gasteiger partial charge in [0, 0.05) is 16.3 Å². The molecule has 0 bridgehead atoms. The number of hydrogen-bond donors (Lipinski definition) is 0. The highest BCUT2D eigenvalue weighted by Gasteiger charge is 2.02. The van der Waals surface area contributed by atoms with E-state index in [1.807, 2.05) is 36.4 Å². The van der Waals surface area contributed by atoms with Crippen LogP contribution in [0.4, 0.5) is 0 Å². The van der Waals surface area contributed by atoms with Crippen molar-refractivity contribution in [3.05, 3.63) is 69.7 Å². The van der Waals surface area contributed by atoms with Crippen molar-refractivity contribution in [2.24, 2.45) is 4.99 Å². The number of amides is 1. The summed E-state index contributed by atoms with van der Waals surface area (Å²) < 4.78 is 0.947. The predicted molar refractivity (Wildman–Crippen MR) is 81.9 cm³/mol. The molecule has 0 aliphatic carbocycles. The number of aryl methyl sites for hydroxylation is 1. The van der Waals surface area contributed by atoms with Crippen LogP contribution in [0.2, 0.25) is 0 Å². The molecule has 0 fully saturated rings. The van der Waals surface area contributed by atoms with Gasteiger partial charge in [-0.25, -0.2) is 4.99 Å². The second-order valence-electron chi connectivity index (χ2n) is 4.17. The van der Waals surface area contributed by atoms with Gasteiger partial charge in [0.15, 0.2) is 0 Å². The lowest BCUT2D eigenvalue weighted by atomic mass is 10.1. The first-order valence-electron chi connectivity index (χ1n) is 6.12. The fraction of sp³-hybridized carbons (Fsp3) is 0.125. The second-order valence-corrected chi connectivity index (χ2v) is 5.08. The molecule has 0 aliphatic rings. The molecule has 19 heavy (non-hydrogen) atoms. The molecular weight excluding hydrogens is 302 g/mol. The summed E-state index contributed by atoms with van der Waals surface area (Å²) in [6.07, 6.45) is 2.61. The Morgan fingerprint density at radius 1 is 1.11 bits per heavy atom.